The number of aromatic nitrogens is 2. The predicted octanol–water partition coefficient (Wildman–Crippen LogP) is 15.5. The highest BCUT2D eigenvalue weighted by Crippen LogP contribution is 2.36. The smallest absolute Gasteiger partial charge is 0.411 e. The lowest BCUT2D eigenvalue weighted by Gasteiger charge is -2.26. The van der Waals surface area contributed by atoms with Crippen LogP contribution in [0.15, 0.2) is 146 Å². The Morgan fingerprint density at radius 2 is 0.988 bits per heavy atom. The third kappa shape index (κ3) is 17.1. The van der Waals surface area contributed by atoms with Crippen molar-refractivity contribution in [3.63, 3.8) is 0 Å². The van der Waals surface area contributed by atoms with Gasteiger partial charge < -0.3 is 30.6 Å². The van der Waals surface area contributed by atoms with Crippen LogP contribution in [0.4, 0.5) is 32.3 Å². The Labute approximate surface area is 497 Å². The van der Waals surface area contributed by atoms with Gasteiger partial charge in [-0.05, 0) is 105 Å². The highest BCUT2D eigenvalue weighted by atomic mass is 35.6. The first-order valence-electron chi connectivity index (χ1n) is 27.7. The van der Waals surface area contributed by atoms with Crippen LogP contribution in [0.1, 0.15) is 75.2 Å². The number of nitrogen functional groups attached to an aromatic ring is 1. The summed E-state index contributed by atoms with van der Waals surface area (Å²) in [6.45, 7) is 25.2. The molecular weight excluding hydrogens is 1090 g/mol. The minimum Gasteiger partial charge on any atom is -0.445 e. The number of aryl methyl sites for hydroxylation is 2. The summed E-state index contributed by atoms with van der Waals surface area (Å²) in [5, 5.41) is 13.1. The van der Waals surface area contributed by atoms with Crippen molar-refractivity contribution in [2.75, 3.05) is 80.9 Å². The summed E-state index contributed by atoms with van der Waals surface area (Å²) < 4.78 is 14.1. The van der Waals surface area contributed by atoms with E-state index >= 15 is 0 Å². The molecule has 0 radical (unpaired) electrons. The van der Waals surface area contributed by atoms with E-state index in [1.165, 1.54) is 16.5 Å². The molecule has 0 unspecified atom stereocenters. The molecule has 5 N–H and O–H groups in total. The highest BCUT2D eigenvalue weighted by Gasteiger charge is 2.23. The topological polar surface area (TPSA) is 156 Å². The molecule has 6 aromatic carbocycles. The lowest BCUT2D eigenvalue weighted by molar-refractivity contribution is 0.0336. The number of nitrogens with zero attached hydrogens (tertiary/aromatic N) is 4. The van der Waals surface area contributed by atoms with E-state index in [-0.39, 0.29) is 23.5 Å². The van der Waals surface area contributed by atoms with Gasteiger partial charge in [-0.25, -0.2) is 9.59 Å². The van der Waals surface area contributed by atoms with E-state index in [9.17, 15) is 9.59 Å². The van der Waals surface area contributed by atoms with Crippen molar-refractivity contribution < 1.29 is 23.8 Å². The number of amides is 3. The maximum absolute atomic E-state index is 13.1. The lowest BCUT2D eigenvalue weighted by atomic mass is 9.86. The lowest BCUT2D eigenvalue weighted by Crippen LogP contribution is -2.35. The normalized spacial score (nSPS) is 14.2. The Kier molecular flexibility index (Phi) is 20.6. The molecule has 2 aromatic heterocycles. The molecule has 430 valence electrons. The van der Waals surface area contributed by atoms with Crippen molar-refractivity contribution >= 4 is 91.2 Å². The number of fused-ring (bicyclic) bond motifs is 2. The Morgan fingerprint density at radius 1 is 0.549 bits per heavy atom. The number of anilines is 4. The average molecular weight is 1170 g/mol. The number of pyridine rings is 2. The minimum absolute atomic E-state index is 0.00219. The number of alkyl halides is 3. The minimum atomic E-state index is -1.61. The molecule has 2 aliphatic heterocycles. The first kappa shape index (κ1) is 61.3. The van der Waals surface area contributed by atoms with E-state index < -0.39 is 9.89 Å². The summed E-state index contributed by atoms with van der Waals surface area (Å²) in [5.74, 6) is 0. The summed E-state index contributed by atoms with van der Waals surface area (Å²) in [4.78, 5) is 38.9. The van der Waals surface area contributed by atoms with E-state index in [0.29, 0.717) is 5.69 Å². The number of carbonyl (C=O) groups is 2. The quantitative estimate of drug-likeness (QED) is 0.0768. The standard InChI is InChI=1S/C32H36N4O2.C20H21N3O.C14H18Cl3NO2/c1-22-9-11-24(32(2,3)4)19-30(22)35-31(37)34-29-14-13-26(27-7-5-6-8-28(27)29)23-10-12-25(33-20-23)21-36-15-17-38-18-16-36;21-20-8-7-17(18-3-1-2-4-19(18)20)15-5-6-16(22-13-15)14-23-9-11-24-12-10-23;1-9-5-6-10(13(2,3)4)7-11(9)18-12(19)20-8-14(15,16)17/h5-14,19-20H,15-18,21H2,1-4H3,(H2,34,35,37);1-8,13H,9-12,14,21H2;5-7H,8H2,1-4H3,(H,18,19). The van der Waals surface area contributed by atoms with Gasteiger partial charge in [-0.1, -0.05) is 173 Å². The van der Waals surface area contributed by atoms with E-state index in [4.69, 9.17) is 59.7 Å². The second-order valence-corrected chi connectivity index (χ2v) is 25.3. The van der Waals surface area contributed by atoms with Gasteiger partial charge in [0.05, 0.1) is 43.5 Å². The maximum atomic E-state index is 13.1. The monoisotopic (exact) mass is 1160 g/mol. The molecule has 10 rings (SSSR count). The van der Waals surface area contributed by atoms with Crippen LogP contribution in [0.3, 0.4) is 0 Å². The Bertz CT molecular complexity index is 3460. The molecule has 0 spiro atoms. The molecule has 3 amide bonds. The van der Waals surface area contributed by atoms with Crippen LogP contribution in [0.2, 0.25) is 0 Å². The number of hydrogen-bond acceptors (Lipinski definition) is 10. The molecule has 0 atom stereocenters. The number of nitrogens with two attached hydrogens (primary N) is 1. The van der Waals surface area contributed by atoms with Gasteiger partial charge in [0.15, 0.2) is 0 Å². The van der Waals surface area contributed by atoms with Gasteiger partial charge in [-0.3, -0.25) is 25.1 Å². The number of benzene rings is 6. The van der Waals surface area contributed by atoms with Crippen molar-refractivity contribution in [3.05, 3.63) is 179 Å². The van der Waals surface area contributed by atoms with E-state index in [2.05, 4.69) is 145 Å². The number of urea groups is 1. The second-order valence-electron chi connectivity index (χ2n) is 22.8. The molecule has 2 fully saturated rings. The van der Waals surface area contributed by atoms with Crippen LogP contribution in [0.5, 0.6) is 0 Å². The largest absolute Gasteiger partial charge is 0.445 e. The molecule has 16 heteroatoms. The van der Waals surface area contributed by atoms with Crippen LogP contribution in [0.25, 0.3) is 43.8 Å². The van der Waals surface area contributed by atoms with Crippen LogP contribution in [0, 0.1) is 13.8 Å². The summed E-state index contributed by atoms with van der Waals surface area (Å²) in [5.41, 5.74) is 20.0. The van der Waals surface area contributed by atoms with Crippen molar-refractivity contribution in [3.8, 4) is 22.3 Å². The summed E-state index contributed by atoms with van der Waals surface area (Å²) in [6, 6.07) is 44.9. The molecular formula is C66H75Cl3N8O5. The fourth-order valence-electron chi connectivity index (χ4n) is 9.58. The van der Waals surface area contributed by atoms with Crippen molar-refractivity contribution in [1.29, 1.82) is 0 Å². The Hall–Kier alpha value is -6.81. The van der Waals surface area contributed by atoms with Gasteiger partial charge >= 0.3 is 12.1 Å². The predicted molar refractivity (Wildman–Crippen MR) is 339 cm³/mol. The van der Waals surface area contributed by atoms with Crippen molar-refractivity contribution in [1.82, 2.24) is 19.8 Å². The van der Waals surface area contributed by atoms with Gasteiger partial charge in [0, 0.05) is 90.6 Å². The summed E-state index contributed by atoms with van der Waals surface area (Å²) >= 11 is 16.6. The molecule has 2 aliphatic rings. The molecule has 8 aromatic rings. The molecule has 82 heavy (non-hydrogen) atoms. The first-order chi connectivity index (χ1) is 39.1. The average Bonchev–Trinajstić information content (AvgIpc) is 3.51. The molecule has 13 nitrogen and oxygen atoms in total. The fraction of sp³-hybridized carbons (Fsp3) is 0.333. The number of halogens is 3. The summed E-state index contributed by atoms with van der Waals surface area (Å²) in [7, 11) is 0. The zero-order chi connectivity index (χ0) is 58.6. The van der Waals surface area contributed by atoms with E-state index in [1.807, 2.05) is 86.9 Å². The van der Waals surface area contributed by atoms with Crippen LogP contribution in [-0.2, 0) is 38.1 Å². The van der Waals surface area contributed by atoms with E-state index in [1.54, 1.807) is 0 Å². The Morgan fingerprint density at radius 3 is 1.45 bits per heavy atom. The van der Waals surface area contributed by atoms with Gasteiger partial charge in [-0.15, -0.1) is 0 Å². The third-order valence-corrected chi connectivity index (χ3v) is 14.8. The zero-order valence-corrected chi connectivity index (χ0v) is 50.4. The number of carbonyl (C=O) groups excluding carboxylic acids is 2. The number of hydrogen-bond donors (Lipinski definition) is 4. The van der Waals surface area contributed by atoms with Gasteiger partial charge in [0.25, 0.3) is 0 Å². The molecule has 0 saturated carbocycles. The van der Waals surface area contributed by atoms with Crippen LogP contribution < -0.4 is 21.7 Å². The molecule has 4 heterocycles. The first-order valence-corrected chi connectivity index (χ1v) is 28.8. The Balaban J connectivity index is 0.000000172. The SMILES string of the molecule is Cc1ccc(C(C)(C)C)cc1NC(=O)Nc1ccc(-c2ccc(CN3CCOCC3)nc2)c2ccccc12.Cc1ccc(C(C)(C)C)cc1NC(=O)OCC(Cl)(Cl)Cl.Nc1ccc(-c2ccc(CN3CCOCC3)nc2)c2ccccc12. The molecule has 0 bridgehead atoms. The highest BCUT2D eigenvalue weighted by molar-refractivity contribution is 6.67. The van der Waals surface area contributed by atoms with Crippen molar-refractivity contribution in [2.24, 2.45) is 0 Å². The number of nitrogens with one attached hydrogen (secondary N) is 3. The zero-order valence-electron chi connectivity index (χ0n) is 48.2. The second kappa shape index (κ2) is 27.5. The van der Waals surface area contributed by atoms with Crippen molar-refractivity contribution in [2.45, 2.75) is 83.1 Å². The number of rotatable bonds is 10. The fourth-order valence-corrected chi connectivity index (χ4v) is 9.74. The third-order valence-electron chi connectivity index (χ3n) is 14.4. The van der Waals surface area contributed by atoms with Crippen LogP contribution >= 0.6 is 34.8 Å². The number of morpholine rings is 2. The van der Waals surface area contributed by atoms with Gasteiger partial charge in [-0.2, -0.15) is 0 Å². The summed E-state index contributed by atoms with van der Waals surface area (Å²) in [6.07, 6.45) is 3.27. The van der Waals surface area contributed by atoms with E-state index in [0.717, 1.165) is 144 Å². The van der Waals surface area contributed by atoms with Gasteiger partial charge in [0.1, 0.15) is 6.61 Å². The van der Waals surface area contributed by atoms with Gasteiger partial charge in [0.2, 0.25) is 3.79 Å². The van der Waals surface area contributed by atoms with Crippen LogP contribution in [-0.4, -0.2) is 94.9 Å². The maximum Gasteiger partial charge on any atom is 0.411 e. The molecule has 2 saturated heterocycles. The molecule has 0 aliphatic carbocycles. The number of ether oxygens (including phenoxy) is 3.